The zero-order chi connectivity index (χ0) is 7.26. The molecule has 2 unspecified atom stereocenters. The van der Waals surface area contributed by atoms with Gasteiger partial charge in [0.25, 0.3) is 0 Å². The predicted molar refractivity (Wildman–Crippen MR) is 39.4 cm³/mol. The quantitative estimate of drug-likeness (QED) is 0.523. The van der Waals surface area contributed by atoms with E-state index in [1.807, 2.05) is 18.2 Å². The van der Waals surface area contributed by atoms with Crippen molar-refractivity contribution in [3.05, 3.63) is 29.8 Å². The molecule has 1 fully saturated rings. The van der Waals surface area contributed by atoms with Crippen molar-refractivity contribution in [3.63, 3.8) is 0 Å². The Bertz CT molecular complexity index is 276. The van der Waals surface area contributed by atoms with Crippen molar-refractivity contribution in [1.82, 2.24) is 0 Å². The first-order valence-electron chi connectivity index (χ1n) is 3.83. The largest absolute Gasteiger partial charge is 0.462 e. The number of hydrogen-bond acceptors (Lipinski definition) is 2. The van der Waals surface area contributed by atoms with E-state index >= 15 is 0 Å². The van der Waals surface area contributed by atoms with E-state index in [1.165, 1.54) is 5.56 Å². The van der Waals surface area contributed by atoms with Crippen LogP contribution in [-0.2, 0) is 45.3 Å². The van der Waals surface area contributed by atoms with Crippen LogP contribution in [0.25, 0.3) is 0 Å². The van der Waals surface area contributed by atoms with Gasteiger partial charge < -0.3 is 9.47 Å². The van der Waals surface area contributed by atoms with Gasteiger partial charge in [0.15, 0.2) is 0 Å². The van der Waals surface area contributed by atoms with Gasteiger partial charge in [-0.25, -0.2) is 0 Å². The van der Waals surface area contributed by atoms with Crippen LogP contribution in [0, 0.1) is 0 Å². The first kappa shape index (κ1) is 11.1. The third-order valence-electron chi connectivity index (χ3n) is 2.17. The zero-order valence-electron chi connectivity index (χ0n) is 6.64. The van der Waals surface area contributed by atoms with Crippen molar-refractivity contribution in [2.45, 2.75) is 18.8 Å². The topological polar surface area (TPSA) is 21.8 Å². The van der Waals surface area contributed by atoms with Crippen LogP contribution in [0.4, 0.5) is 0 Å². The molecule has 2 aliphatic rings. The molecule has 1 radical (unpaired) electrons. The van der Waals surface area contributed by atoms with Crippen molar-refractivity contribution in [1.29, 1.82) is 0 Å². The fraction of sp³-hybridized carbons (Fsp3) is 0.333. The molecule has 1 aromatic rings. The molecule has 0 spiro atoms. The molecular weight excluding hydrogens is 259 g/mol. The summed E-state index contributed by atoms with van der Waals surface area (Å²) in [6.07, 6.45) is 1.41. The molecule has 1 aromatic carbocycles. The van der Waals surface area contributed by atoms with Crippen molar-refractivity contribution < 1.29 is 43.6 Å². The molecule has 0 saturated carbocycles. The molecule has 75 valence electrons. The Balaban J connectivity index is 0.000000422. The van der Waals surface area contributed by atoms with Gasteiger partial charge in [-0.3, -0.25) is 0 Å². The Morgan fingerprint density at radius 2 is 2.00 bits per heavy atom. The van der Waals surface area contributed by atoms with Gasteiger partial charge in [-0.1, -0.05) is 18.2 Å². The monoisotopic (exact) mass is 267 g/mol. The first-order chi connectivity index (χ1) is 5.43. The number of rotatable bonds is 0. The Labute approximate surface area is 97.9 Å². The number of fused-ring (bicyclic) bond motifs is 2. The average molecular weight is 268 g/mol. The molecule has 3 rings (SSSR count). The molecule has 0 bridgehead atoms. The SMILES string of the molecule is [Cu].[Fe].c1ccc2c(c1)CC1OC1O2. The molecule has 2 aliphatic heterocycles. The van der Waals surface area contributed by atoms with E-state index in [2.05, 4.69) is 6.07 Å². The van der Waals surface area contributed by atoms with Gasteiger partial charge in [0.1, 0.15) is 11.9 Å². The molecule has 1 saturated heterocycles. The van der Waals surface area contributed by atoms with Gasteiger partial charge >= 0.3 is 0 Å². The Hall–Kier alpha value is 0.0190. The van der Waals surface area contributed by atoms with E-state index in [0.29, 0.717) is 6.10 Å². The second-order valence-electron chi connectivity index (χ2n) is 2.97. The van der Waals surface area contributed by atoms with Crippen LogP contribution in [0.2, 0.25) is 0 Å². The molecule has 0 N–H and O–H groups in total. The van der Waals surface area contributed by atoms with E-state index < -0.39 is 0 Å². The molecule has 2 atom stereocenters. The normalized spacial score (nSPS) is 26.8. The van der Waals surface area contributed by atoms with Crippen LogP contribution in [-0.4, -0.2) is 12.4 Å². The summed E-state index contributed by atoms with van der Waals surface area (Å²) >= 11 is 0. The molecular formula is C9H8CuFeO2. The Morgan fingerprint density at radius 3 is 2.85 bits per heavy atom. The number of epoxide rings is 1. The molecule has 2 nitrogen and oxygen atoms in total. The van der Waals surface area contributed by atoms with Gasteiger partial charge in [-0.2, -0.15) is 0 Å². The second-order valence-corrected chi connectivity index (χ2v) is 2.97. The van der Waals surface area contributed by atoms with Gasteiger partial charge in [-0.05, 0) is 11.6 Å². The van der Waals surface area contributed by atoms with E-state index in [-0.39, 0.29) is 40.4 Å². The predicted octanol–water partition coefficient (Wildman–Crippen LogP) is 1.34. The maximum atomic E-state index is 5.48. The van der Waals surface area contributed by atoms with Crippen LogP contribution in [0.3, 0.4) is 0 Å². The minimum Gasteiger partial charge on any atom is -0.462 e. The van der Waals surface area contributed by atoms with Crippen LogP contribution < -0.4 is 4.74 Å². The van der Waals surface area contributed by atoms with Gasteiger partial charge in [-0.15, -0.1) is 0 Å². The van der Waals surface area contributed by atoms with Crippen LogP contribution in [0.1, 0.15) is 5.56 Å². The van der Waals surface area contributed by atoms with E-state index in [4.69, 9.17) is 9.47 Å². The van der Waals surface area contributed by atoms with E-state index in [1.54, 1.807) is 0 Å². The van der Waals surface area contributed by atoms with Gasteiger partial charge in [0.05, 0.1) is 0 Å². The van der Waals surface area contributed by atoms with Crippen LogP contribution in [0.5, 0.6) is 5.75 Å². The molecule has 4 heteroatoms. The minimum absolute atomic E-state index is 0. The number of para-hydroxylation sites is 1. The van der Waals surface area contributed by atoms with Crippen molar-refractivity contribution in [2.24, 2.45) is 0 Å². The summed E-state index contributed by atoms with van der Waals surface area (Å²) in [5, 5.41) is 0. The van der Waals surface area contributed by atoms with Crippen LogP contribution >= 0.6 is 0 Å². The number of benzene rings is 1. The fourth-order valence-electron chi connectivity index (χ4n) is 1.50. The molecule has 2 heterocycles. The van der Waals surface area contributed by atoms with Gasteiger partial charge in [0.2, 0.25) is 6.29 Å². The van der Waals surface area contributed by atoms with Crippen molar-refractivity contribution in [3.8, 4) is 5.75 Å². The average Bonchev–Trinajstić information content (AvgIpc) is 2.77. The molecule has 13 heavy (non-hydrogen) atoms. The number of ether oxygens (including phenoxy) is 2. The summed E-state index contributed by atoms with van der Waals surface area (Å²) in [7, 11) is 0. The summed E-state index contributed by atoms with van der Waals surface area (Å²) in [5.74, 6) is 0.992. The van der Waals surface area contributed by atoms with Crippen molar-refractivity contribution in [2.75, 3.05) is 0 Å². The molecule has 0 amide bonds. The molecule has 0 aliphatic carbocycles. The van der Waals surface area contributed by atoms with E-state index in [9.17, 15) is 0 Å². The summed E-state index contributed by atoms with van der Waals surface area (Å²) in [5.41, 5.74) is 1.27. The summed E-state index contributed by atoms with van der Waals surface area (Å²) in [6.45, 7) is 0. The second kappa shape index (κ2) is 4.03. The van der Waals surface area contributed by atoms with E-state index in [0.717, 1.165) is 12.2 Å². The minimum atomic E-state index is 0. The summed E-state index contributed by atoms with van der Waals surface area (Å²) < 4.78 is 10.7. The Kier molecular flexibility index (Phi) is 3.44. The fourth-order valence-corrected chi connectivity index (χ4v) is 1.50. The van der Waals surface area contributed by atoms with Crippen molar-refractivity contribution >= 4 is 0 Å². The Morgan fingerprint density at radius 1 is 1.23 bits per heavy atom. The maximum Gasteiger partial charge on any atom is 0.227 e. The third kappa shape index (κ3) is 1.93. The summed E-state index contributed by atoms with van der Waals surface area (Å²) in [6, 6.07) is 8.10. The first-order valence-corrected chi connectivity index (χ1v) is 3.83. The van der Waals surface area contributed by atoms with Gasteiger partial charge in [0, 0.05) is 40.6 Å². The third-order valence-corrected chi connectivity index (χ3v) is 2.17. The smallest absolute Gasteiger partial charge is 0.227 e. The standard InChI is InChI=1S/C9H8O2.Cu.Fe/c1-2-4-7-6(3-1)5-8-9(10-7)11-8;;/h1-4,8-9H,5H2;;. The summed E-state index contributed by atoms with van der Waals surface area (Å²) in [4.78, 5) is 0. The maximum absolute atomic E-state index is 5.48. The number of hydrogen-bond donors (Lipinski definition) is 0. The molecule has 0 aromatic heterocycles. The van der Waals surface area contributed by atoms with Crippen LogP contribution in [0.15, 0.2) is 24.3 Å². The zero-order valence-corrected chi connectivity index (χ0v) is 8.69.